The Morgan fingerprint density at radius 1 is 1.07 bits per heavy atom. The minimum absolute atomic E-state index is 0. The number of halogens is 2. The molecule has 1 atom stereocenters. The van der Waals surface area contributed by atoms with Crippen LogP contribution in [0.5, 0.6) is 0 Å². The summed E-state index contributed by atoms with van der Waals surface area (Å²) in [6, 6.07) is 17.8. The van der Waals surface area contributed by atoms with Crippen LogP contribution < -0.4 is 10.6 Å². The highest BCUT2D eigenvalue weighted by atomic mass is 35.5. The van der Waals surface area contributed by atoms with Crippen LogP contribution in [0.3, 0.4) is 0 Å². The van der Waals surface area contributed by atoms with Crippen LogP contribution in [0.25, 0.3) is 0 Å². The SMILES string of the molecule is CN(Cc1ccccc1N1CCOCC1)C(=O)C(C)(N)c1ccccc1.Cl.Cl. The first-order valence-corrected chi connectivity index (χ1v) is 9.00. The fourth-order valence-corrected chi connectivity index (χ4v) is 3.39. The number of amides is 1. The Morgan fingerprint density at radius 3 is 2.29 bits per heavy atom. The molecule has 1 amide bonds. The minimum atomic E-state index is -1.05. The maximum Gasteiger partial charge on any atom is 0.247 e. The van der Waals surface area contributed by atoms with Crippen molar-refractivity contribution in [2.24, 2.45) is 5.73 Å². The molecule has 7 heteroatoms. The molecule has 1 aliphatic heterocycles. The van der Waals surface area contributed by atoms with Crippen molar-refractivity contribution in [2.75, 3.05) is 38.3 Å². The molecular weight excluding hydrogens is 397 g/mol. The first-order chi connectivity index (χ1) is 12.5. The molecule has 1 unspecified atom stereocenters. The predicted molar refractivity (Wildman–Crippen MR) is 118 cm³/mol. The van der Waals surface area contributed by atoms with E-state index in [0.717, 1.165) is 43.1 Å². The standard InChI is InChI=1S/C21H27N3O2.2ClH/c1-21(22,18-9-4-3-5-10-18)20(25)23(2)16-17-8-6-7-11-19(17)24-12-14-26-15-13-24;;/h3-11H,12-16,22H2,1-2H3;2*1H. The van der Waals surface area contributed by atoms with Crippen LogP contribution >= 0.6 is 24.8 Å². The monoisotopic (exact) mass is 425 g/mol. The fraction of sp³-hybridized carbons (Fsp3) is 0.381. The second kappa shape index (κ2) is 10.7. The molecule has 0 aromatic heterocycles. The zero-order chi connectivity index (χ0) is 18.6. The smallest absolute Gasteiger partial charge is 0.247 e. The number of rotatable bonds is 5. The highest BCUT2D eigenvalue weighted by molar-refractivity contribution is 5.87. The summed E-state index contributed by atoms with van der Waals surface area (Å²) in [6.07, 6.45) is 0. The molecular formula is C21H29Cl2N3O2. The number of nitrogens with two attached hydrogens (primary N) is 1. The van der Waals surface area contributed by atoms with Crippen LogP contribution in [0.1, 0.15) is 18.1 Å². The van der Waals surface area contributed by atoms with Gasteiger partial charge in [0.1, 0.15) is 5.54 Å². The third-order valence-electron chi connectivity index (χ3n) is 4.92. The summed E-state index contributed by atoms with van der Waals surface area (Å²) in [5.41, 5.74) is 8.45. The van der Waals surface area contributed by atoms with Gasteiger partial charge in [-0.2, -0.15) is 0 Å². The maximum absolute atomic E-state index is 13.0. The third kappa shape index (κ3) is 5.39. The molecule has 0 saturated carbocycles. The summed E-state index contributed by atoms with van der Waals surface area (Å²) < 4.78 is 5.45. The number of anilines is 1. The van der Waals surface area contributed by atoms with E-state index in [1.165, 1.54) is 0 Å². The van der Waals surface area contributed by atoms with Gasteiger partial charge in [0.05, 0.1) is 13.2 Å². The van der Waals surface area contributed by atoms with Gasteiger partial charge < -0.3 is 20.3 Å². The summed E-state index contributed by atoms with van der Waals surface area (Å²) >= 11 is 0. The van der Waals surface area contributed by atoms with Crippen molar-refractivity contribution in [3.05, 3.63) is 65.7 Å². The van der Waals surface area contributed by atoms with E-state index in [9.17, 15) is 4.79 Å². The lowest BCUT2D eigenvalue weighted by Crippen LogP contribution is -2.49. The van der Waals surface area contributed by atoms with E-state index in [0.29, 0.717) is 6.54 Å². The lowest BCUT2D eigenvalue weighted by molar-refractivity contribution is -0.136. The number of likely N-dealkylation sites (N-methyl/N-ethyl adjacent to an activating group) is 1. The van der Waals surface area contributed by atoms with Gasteiger partial charge in [0.2, 0.25) is 5.91 Å². The van der Waals surface area contributed by atoms with Gasteiger partial charge in [-0.05, 0) is 24.1 Å². The molecule has 2 aromatic rings. The van der Waals surface area contributed by atoms with Crippen molar-refractivity contribution in [1.82, 2.24) is 4.90 Å². The number of hydrogen-bond donors (Lipinski definition) is 1. The van der Waals surface area contributed by atoms with Crippen LogP contribution in [-0.2, 0) is 21.6 Å². The van der Waals surface area contributed by atoms with E-state index >= 15 is 0 Å². The van der Waals surface area contributed by atoms with E-state index in [4.69, 9.17) is 10.5 Å². The number of benzene rings is 2. The third-order valence-corrected chi connectivity index (χ3v) is 4.92. The molecule has 1 heterocycles. The average Bonchev–Trinajstić information content (AvgIpc) is 2.69. The van der Waals surface area contributed by atoms with Gasteiger partial charge in [-0.1, -0.05) is 48.5 Å². The summed E-state index contributed by atoms with van der Waals surface area (Å²) in [6.45, 7) is 5.50. The van der Waals surface area contributed by atoms with Crippen molar-refractivity contribution in [3.63, 3.8) is 0 Å². The van der Waals surface area contributed by atoms with E-state index in [1.54, 1.807) is 11.8 Å². The van der Waals surface area contributed by atoms with Gasteiger partial charge >= 0.3 is 0 Å². The van der Waals surface area contributed by atoms with E-state index < -0.39 is 5.54 Å². The number of nitrogens with zero attached hydrogens (tertiary/aromatic N) is 2. The number of ether oxygens (including phenoxy) is 1. The zero-order valence-electron chi connectivity index (χ0n) is 16.3. The number of para-hydroxylation sites is 1. The van der Waals surface area contributed by atoms with Gasteiger partial charge in [-0.15, -0.1) is 24.8 Å². The summed E-state index contributed by atoms with van der Waals surface area (Å²) in [5, 5.41) is 0. The van der Waals surface area contributed by atoms with Crippen molar-refractivity contribution in [3.8, 4) is 0 Å². The van der Waals surface area contributed by atoms with Gasteiger partial charge in [0, 0.05) is 32.4 Å². The number of carbonyl (C=O) groups is 1. The van der Waals surface area contributed by atoms with Crippen LogP contribution in [0.4, 0.5) is 5.69 Å². The topological polar surface area (TPSA) is 58.8 Å². The number of hydrogen-bond acceptors (Lipinski definition) is 4. The molecule has 0 spiro atoms. The molecule has 2 aromatic carbocycles. The van der Waals surface area contributed by atoms with E-state index in [1.807, 2.05) is 49.5 Å². The van der Waals surface area contributed by atoms with Crippen molar-refractivity contribution in [2.45, 2.75) is 19.0 Å². The van der Waals surface area contributed by atoms with Crippen LogP contribution in [0.2, 0.25) is 0 Å². The molecule has 0 aliphatic carbocycles. The number of carbonyl (C=O) groups excluding carboxylic acids is 1. The first kappa shape index (κ1) is 24.2. The largest absolute Gasteiger partial charge is 0.378 e. The van der Waals surface area contributed by atoms with Gasteiger partial charge in [0.25, 0.3) is 0 Å². The zero-order valence-corrected chi connectivity index (χ0v) is 18.0. The first-order valence-electron chi connectivity index (χ1n) is 9.00. The molecule has 3 rings (SSSR count). The highest BCUT2D eigenvalue weighted by Crippen LogP contribution is 2.25. The molecule has 0 bridgehead atoms. The lowest BCUT2D eigenvalue weighted by Gasteiger charge is -2.33. The van der Waals surface area contributed by atoms with Crippen molar-refractivity contribution >= 4 is 36.4 Å². The molecule has 2 N–H and O–H groups in total. The van der Waals surface area contributed by atoms with E-state index in [-0.39, 0.29) is 30.7 Å². The van der Waals surface area contributed by atoms with Crippen molar-refractivity contribution < 1.29 is 9.53 Å². The second-order valence-corrected chi connectivity index (χ2v) is 6.96. The minimum Gasteiger partial charge on any atom is -0.378 e. The maximum atomic E-state index is 13.0. The fourth-order valence-electron chi connectivity index (χ4n) is 3.39. The molecule has 0 radical (unpaired) electrons. The van der Waals surface area contributed by atoms with Gasteiger partial charge in [0.15, 0.2) is 0 Å². The molecule has 154 valence electrons. The highest BCUT2D eigenvalue weighted by Gasteiger charge is 2.33. The van der Waals surface area contributed by atoms with Crippen molar-refractivity contribution in [1.29, 1.82) is 0 Å². The van der Waals surface area contributed by atoms with Gasteiger partial charge in [-0.3, -0.25) is 4.79 Å². The second-order valence-electron chi connectivity index (χ2n) is 6.96. The summed E-state index contributed by atoms with van der Waals surface area (Å²) in [7, 11) is 1.81. The van der Waals surface area contributed by atoms with Crippen LogP contribution in [-0.4, -0.2) is 44.2 Å². The Kier molecular flexibility index (Phi) is 9.24. The Labute approximate surface area is 179 Å². The molecule has 1 fully saturated rings. The quantitative estimate of drug-likeness (QED) is 0.798. The van der Waals surface area contributed by atoms with Gasteiger partial charge in [-0.25, -0.2) is 0 Å². The molecule has 5 nitrogen and oxygen atoms in total. The normalized spacial score (nSPS) is 15.6. The predicted octanol–water partition coefficient (Wildman–Crippen LogP) is 3.20. The molecule has 28 heavy (non-hydrogen) atoms. The van der Waals surface area contributed by atoms with E-state index in [2.05, 4.69) is 17.0 Å². The lowest BCUT2D eigenvalue weighted by atomic mass is 9.91. The Balaban J connectivity index is 0.00000196. The molecule has 1 saturated heterocycles. The number of morpholine rings is 1. The Hall–Kier alpha value is -1.79. The van der Waals surface area contributed by atoms with Crippen LogP contribution in [0, 0.1) is 0 Å². The summed E-state index contributed by atoms with van der Waals surface area (Å²) in [5.74, 6) is -0.0968. The Morgan fingerprint density at radius 2 is 1.64 bits per heavy atom. The average molecular weight is 426 g/mol. The van der Waals surface area contributed by atoms with Crippen LogP contribution in [0.15, 0.2) is 54.6 Å². The summed E-state index contributed by atoms with van der Waals surface area (Å²) in [4.78, 5) is 17.1. The Bertz CT molecular complexity index is 750. The molecule has 1 aliphatic rings.